The van der Waals surface area contributed by atoms with Crippen molar-refractivity contribution in [3.63, 3.8) is 0 Å². The number of hydrogen-bond acceptors (Lipinski definition) is 3. The van der Waals surface area contributed by atoms with Crippen LogP contribution in [-0.2, 0) is 0 Å². The van der Waals surface area contributed by atoms with Gasteiger partial charge in [0.15, 0.2) is 0 Å². The Morgan fingerprint density at radius 1 is 1.38 bits per heavy atom. The van der Waals surface area contributed by atoms with E-state index in [9.17, 15) is 5.11 Å². The largest absolute Gasteiger partial charge is 0.389 e. The molecule has 96 valence electrons. The summed E-state index contributed by atoms with van der Waals surface area (Å²) < 4.78 is 0. The summed E-state index contributed by atoms with van der Waals surface area (Å²) in [7, 11) is 2.20. The monoisotopic (exact) mass is 228 g/mol. The molecule has 3 heteroatoms. The number of rotatable bonds is 6. The third kappa shape index (κ3) is 4.40. The first kappa shape index (κ1) is 13.9. The van der Waals surface area contributed by atoms with Gasteiger partial charge in [0.05, 0.1) is 5.60 Å². The molecule has 16 heavy (non-hydrogen) atoms. The van der Waals surface area contributed by atoms with Crippen LogP contribution < -0.4 is 5.32 Å². The van der Waals surface area contributed by atoms with E-state index in [0.717, 1.165) is 31.8 Å². The van der Waals surface area contributed by atoms with E-state index in [-0.39, 0.29) is 0 Å². The molecule has 0 spiro atoms. The highest BCUT2D eigenvalue weighted by atomic mass is 16.3. The molecular weight excluding hydrogens is 200 g/mol. The molecule has 0 aromatic rings. The normalized spacial score (nSPS) is 23.6. The highest BCUT2D eigenvalue weighted by Gasteiger charge is 2.23. The number of likely N-dealkylation sites (tertiary alicyclic amines) is 1. The highest BCUT2D eigenvalue weighted by Crippen LogP contribution is 2.16. The molecule has 1 atom stereocenters. The molecule has 1 unspecified atom stereocenters. The van der Waals surface area contributed by atoms with Gasteiger partial charge in [-0.1, -0.05) is 13.8 Å². The lowest BCUT2D eigenvalue weighted by molar-refractivity contribution is 0.0309. The maximum Gasteiger partial charge on any atom is 0.0766 e. The standard InChI is InChI=1S/C13H28N2O/c1-4-13(16,5-2)11-14-9-12-7-6-8-15(3)10-12/h12,14,16H,4-11H2,1-3H3. The molecule has 0 aromatic heterocycles. The molecule has 0 amide bonds. The van der Waals surface area contributed by atoms with Gasteiger partial charge in [0.2, 0.25) is 0 Å². The lowest BCUT2D eigenvalue weighted by Crippen LogP contribution is -2.43. The molecule has 0 aliphatic carbocycles. The summed E-state index contributed by atoms with van der Waals surface area (Å²) in [6, 6.07) is 0. The second kappa shape index (κ2) is 6.58. The topological polar surface area (TPSA) is 35.5 Å². The van der Waals surface area contributed by atoms with Crippen LogP contribution in [0.15, 0.2) is 0 Å². The molecule has 1 saturated heterocycles. The Morgan fingerprint density at radius 2 is 2.06 bits per heavy atom. The van der Waals surface area contributed by atoms with Gasteiger partial charge >= 0.3 is 0 Å². The Bertz CT molecular complexity index is 192. The zero-order chi connectivity index (χ0) is 12.0. The fourth-order valence-corrected chi connectivity index (χ4v) is 2.45. The van der Waals surface area contributed by atoms with E-state index in [1.165, 1.54) is 25.9 Å². The summed E-state index contributed by atoms with van der Waals surface area (Å²) in [4.78, 5) is 2.40. The average molecular weight is 228 g/mol. The van der Waals surface area contributed by atoms with Crippen LogP contribution >= 0.6 is 0 Å². The molecule has 1 heterocycles. The third-order valence-electron chi connectivity index (χ3n) is 3.93. The van der Waals surface area contributed by atoms with Gasteiger partial charge in [-0.05, 0) is 51.7 Å². The van der Waals surface area contributed by atoms with Crippen LogP contribution in [0.1, 0.15) is 39.5 Å². The maximum atomic E-state index is 10.1. The van der Waals surface area contributed by atoms with Gasteiger partial charge in [-0.15, -0.1) is 0 Å². The fraction of sp³-hybridized carbons (Fsp3) is 1.00. The molecular formula is C13H28N2O. The van der Waals surface area contributed by atoms with Crippen molar-refractivity contribution in [1.82, 2.24) is 10.2 Å². The van der Waals surface area contributed by atoms with E-state index >= 15 is 0 Å². The molecule has 1 rings (SSSR count). The summed E-state index contributed by atoms with van der Waals surface area (Å²) >= 11 is 0. The van der Waals surface area contributed by atoms with Crippen LogP contribution in [0.25, 0.3) is 0 Å². The first-order valence-electron chi connectivity index (χ1n) is 6.71. The number of hydrogen-bond donors (Lipinski definition) is 2. The average Bonchev–Trinajstić information content (AvgIpc) is 2.29. The molecule has 1 aliphatic rings. The van der Waals surface area contributed by atoms with Gasteiger partial charge in [0.25, 0.3) is 0 Å². The van der Waals surface area contributed by atoms with E-state index in [1.807, 2.05) is 0 Å². The van der Waals surface area contributed by atoms with E-state index in [2.05, 4.69) is 31.1 Å². The summed E-state index contributed by atoms with van der Waals surface area (Å²) in [5.74, 6) is 0.761. The lowest BCUT2D eigenvalue weighted by Gasteiger charge is -2.31. The number of piperidine rings is 1. The van der Waals surface area contributed by atoms with Crippen LogP contribution in [-0.4, -0.2) is 48.8 Å². The molecule has 0 aromatic carbocycles. The number of aliphatic hydroxyl groups is 1. The quantitative estimate of drug-likeness (QED) is 0.722. The first-order chi connectivity index (χ1) is 7.59. The number of nitrogens with one attached hydrogen (secondary N) is 1. The fourth-order valence-electron chi connectivity index (χ4n) is 2.45. The molecule has 3 nitrogen and oxygen atoms in total. The Kier molecular flexibility index (Phi) is 5.73. The van der Waals surface area contributed by atoms with Crippen molar-refractivity contribution in [1.29, 1.82) is 0 Å². The molecule has 0 radical (unpaired) electrons. The second-order valence-electron chi connectivity index (χ2n) is 5.33. The zero-order valence-electron chi connectivity index (χ0n) is 11.1. The Balaban J connectivity index is 2.19. The molecule has 1 fully saturated rings. The van der Waals surface area contributed by atoms with Crippen molar-refractivity contribution in [2.45, 2.75) is 45.1 Å². The zero-order valence-corrected chi connectivity index (χ0v) is 11.1. The predicted molar refractivity (Wildman–Crippen MR) is 68.6 cm³/mol. The van der Waals surface area contributed by atoms with Crippen molar-refractivity contribution in [3.05, 3.63) is 0 Å². The Hall–Kier alpha value is -0.120. The Labute approximate surface area is 100 Å². The highest BCUT2D eigenvalue weighted by molar-refractivity contribution is 4.79. The van der Waals surface area contributed by atoms with E-state index in [0.29, 0.717) is 0 Å². The molecule has 2 N–H and O–H groups in total. The third-order valence-corrected chi connectivity index (χ3v) is 3.93. The van der Waals surface area contributed by atoms with E-state index < -0.39 is 5.60 Å². The molecule has 0 bridgehead atoms. The minimum Gasteiger partial charge on any atom is -0.389 e. The smallest absolute Gasteiger partial charge is 0.0766 e. The van der Waals surface area contributed by atoms with Gasteiger partial charge in [-0.2, -0.15) is 0 Å². The van der Waals surface area contributed by atoms with Gasteiger partial charge in [0, 0.05) is 13.1 Å². The summed E-state index contributed by atoms with van der Waals surface area (Å²) in [6.07, 6.45) is 4.31. The van der Waals surface area contributed by atoms with Crippen molar-refractivity contribution >= 4 is 0 Å². The minimum atomic E-state index is -0.499. The Morgan fingerprint density at radius 3 is 2.62 bits per heavy atom. The molecule has 1 aliphatic heterocycles. The van der Waals surface area contributed by atoms with Gasteiger partial charge in [-0.25, -0.2) is 0 Å². The predicted octanol–water partition coefficient (Wildman–Crippen LogP) is 1.47. The summed E-state index contributed by atoms with van der Waals surface area (Å²) in [5, 5.41) is 13.6. The van der Waals surface area contributed by atoms with E-state index in [1.54, 1.807) is 0 Å². The van der Waals surface area contributed by atoms with Gasteiger partial charge < -0.3 is 15.3 Å². The van der Waals surface area contributed by atoms with E-state index in [4.69, 9.17) is 0 Å². The van der Waals surface area contributed by atoms with Crippen LogP contribution in [0.4, 0.5) is 0 Å². The van der Waals surface area contributed by atoms with Crippen LogP contribution in [0.5, 0.6) is 0 Å². The van der Waals surface area contributed by atoms with Crippen molar-refractivity contribution in [2.24, 2.45) is 5.92 Å². The molecule has 0 saturated carbocycles. The van der Waals surface area contributed by atoms with Crippen molar-refractivity contribution in [3.8, 4) is 0 Å². The SMILES string of the molecule is CCC(O)(CC)CNCC1CCCN(C)C1. The second-order valence-corrected chi connectivity index (χ2v) is 5.33. The van der Waals surface area contributed by atoms with Crippen LogP contribution in [0, 0.1) is 5.92 Å². The van der Waals surface area contributed by atoms with Crippen molar-refractivity contribution < 1.29 is 5.11 Å². The summed E-state index contributed by atoms with van der Waals surface area (Å²) in [5.41, 5.74) is -0.499. The maximum absolute atomic E-state index is 10.1. The minimum absolute atomic E-state index is 0.499. The first-order valence-corrected chi connectivity index (χ1v) is 6.71. The lowest BCUT2D eigenvalue weighted by atomic mass is 9.95. The summed E-state index contributed by atoms with van der Waals surface area (Å²) in [6.45, 7) is 8.33. The van der Waals surface area contributed by atoms with Crippen molar-refractivity contribution in [2.75, 3.05) is 33.2 Å². The van der Waals surface area contributed by atoms with Crippen LogP contribution in [0.2, 0.25) is 0 Å². The van der Waals surface area contributed by atoms with Gasteiger partial charge in [-0.3, -0.25) is 0 Å². The van der Waals surface area contributed by atoms with Gasteiger partial charge in [0.1, 0.15) is 0 Å². The number of nitrogens with zero attached hydrogens (tertiary/aromatic N) is 1. The van der Waals surface area contributed by atoms with Crippen LogP contribution in [0.3, 0.4) is 0 Å².